The van der Waals surface area contributed by atoms with Crippen molar-refractivity contribution < 1.29 is 13.9 Å². The van der Waals surface area contributed by atoms with Crippen molar-refractivity contribution in [1.82, 2.24) is 0 Å². The van der Waals surface area contributed by atoms with Gasteiger partial charge in [-0.1, -0.05) is 13.8 Å². The van der Waals surface area contributed by atoms with Gasteiger partial charge in [0.1, 0.15) is 19.0 Å². The van der Waals surface area contributed by atoms with Crippen molar-refractivity contribution in [1.29, 1.82) is 0 Å². The number of fused-ring (bicyclic) bond motifs is 1. The molecule has 0 amide bonds. The van der Waals surface area contributed by atoms with Crippen LogP contribution in [0.3, 0.4) is 0 Å². The average Bonchev–Trinajstić information content (AvgIpc) is 2.37. The minimum absolute atomic E-state index is 0.115. The van der Waals surface area contributed by atoms with Gasteiger partial charge in [-0.25, -0.2) is 4.39 Å². The van der Waals surface area contributed by atoms with Crippen LogP contribution in [0.4, 0.5) is 4.39 Å². The Morgan fingerprint density at radius 2 is 1.83 bits per heavy atom. The molecule has 2 unspecified atom stereocenters. The fraction of sp³-hybridized carbons (Fsp3) is 0.571. The Morgan fingerprint density at radius 3 is 2.44 bits per heavy atom. The second-order valence-electron chi connectivity index (χ2n) is 4.86. The van der Waals surface area contributed by atoms with Gasteiger partial charge in [0.25, 0.3) is 0 Å². The SMILES string of the molecule is CC(CCN)C(C)c1cc2c(cc1F)OCCO2. The molecule has 2 atom stereocenters. The molecule has 0 spiro atoms. The molecule has 0 aromatic heterocycles. The lowest BCUT2D eigenvalue weighted by Crippen LogP contribution is -2.17. The smallest absolute Gasteiger partial charge is 0.164 e. The molecule has 100 valence electrons. The molecule has 0 aliphatic carbocycles. The molecule has 3 nitrogen and oxygen atoms in total. The van der Waals surface area contributed by atoms with E-state index < -0.39 is 0 Å². The molecule has 0 radical (unpaired) electrons. The van der Waals surface area contributed by atoms with Crippen molar-refractivity contribution in [3.05, 3.63) is 23.5 Å². The summed E-state index contributed by atoms with van der Waals surface area (Å²) in [4.78, 5) is 0. The third kappa shape index (κ3) is 2.58. The second-order valence-corrected chi connectivity index (χ2v) is 4.86. The highest BCUT2D eigenvalue weighted by Crippen LogP contribution is 2.37. The number of halogens is 1. The van der Waals surface area contributed by atoms with Gasteiger partial charge in [0.2, 0.25) is 0 Å². The Hall–Kier alpha value is -1.29. The fourth-order valence-electron chi connectivity index (χ4n) is 2.25. The largest absolute Gasteiger partial charge is 0.486 e. The standard InChI is InChI=1S/C14H20FNO2/c1-9(3-4-16)10(2)11-7-13-14(8-12(11)15)18-6-5-17-13/h7-10H,3-6,16H2,1-2H3. The number of nitrogens with two attached hydrogens (primary N) is 1. The van der Waals surface area contributed by atoms with E-state index in [0.717, 1.165) is 6.42 Å². The summed E-state index contributed by atoms with van der Waals surface area (Å²) in [5, 5.41) is 0. The molecule has 1 aromatic carbocycles. The van der Waals surface area contributed by atoms with E-state index in [2.05, 4.69) is 6.92 Å². The first-order chi connectivity index (χ1) is 8.63. The molecule has 0 bridgehead atoms. The van der Waals surface area contributed by atoms with E-state index in [1.807, 2.05) is 6.92 Å². The fourth-order valence-corrected chi connectivity index (χ4v) is 2.25. The van der Waals surface area contributed by atoms with Crippen molar-refractivity contribution in [3.63, 3.8) is 0 Å². The van der Waals surface area contributed by atoms with Gasteiger partial charge in [-0.3, -0.25) is 0 Å². The van der Waals surface area contributed by atoms with Gasteiger partial charge in [-0.2, -0.15) is 0 Å². The molecule has 1 aliphatic heterocycles. The minimum atomic E-state index is -0.226. The summed E-state index contributed by atoms with van der Waals surface area (Å²) < 4.78 is 24.9. The molecular formula is C14H20FNO2. The third-order valence-corrected chi connectivity index (χ3v) is 3.63. The monoisotopic (exact) mass is 253 g/mol. The summed E-state index contributed by atoms with van der Waals surface area (Å²) in [7, 11) is 0. The van der Waals surface area contributed by atoms with E-state index in [1.54, 1.807) is 6.07 Å². The predicted octanol–water partition coefficient (Wildman–Crippen LogP) is 2.69. The normalized spacial score (nSPS) is 17.3. The molecule has 0 saturated carbocycles. The number of rotatable bonds is 4. The van der Waals surface area contributed by atoms with Gasteiger partial charge in [0.15, 0.2) is 11.5 Å². The van der Waals surface area contributed by atoms with Crippen LogP contribution >= 0.6 is 0 Å². The molecule has 2 rings (SSSR count). The van der Waals surface area contributed by atoms with Gasteiger partial charge in [0.05, 0.1) is 0 Å². The van der Waals surface area contributed by atoms with E-state index in [1.165, 1.54) is 6.07 Å². The quantitative estimate of drug-likeness (QED) is 0.897. The zero-order valence-electron chi connectivity index (χ0n) is 10.9. The van der Waals surface area contributed by atoms with Crippen LogP contribution in [-0.4, -0.2) is 19.8 Å². The maximum atomic E-state index is 14.1. The van der Waals surface area contributed by atoms with Crippen LogP contribution in [0.2, 0.25) is 0 Å². The van der Waals surface area contributed by atoms with Gasteiger partial charge in [0, 0.05) is 6.07 Å². The Bertz CT molecular complexity index is 423. The molecule has 1 heterocycles. The Morgan fingerprint density at radius 1 is 1.22 bits per heavy atom. The van der Waals surface area contributed by atoms with Crippen LogP contribution < -0.4 is 15.2 Å². The maximum Gasteiger partial charge on any atom is 0.164 e. The summed E-state index contributed by atoms with van der Waals surface area (Å²) in [6, 6.07) is 3.19. The van der Waals surface area contributed by atoms with Gasteiger partial charge >= 0.3 is 0 Å². The maximum absolute atomic E-state index is 14.1. The minimum Gasteiger partial charge on any atom is -0.486 e. The highest BCUT2D eigenvalue weighted by Gasteiger charge is 2.22. The van der Waals surface area contributed by atoms with E-state index >= 15 is 0 Å². The molecule has 4 heteroatoms. The molecule has 0 saturated heterocycles. The van der Waals surface area contributed by atoms with Gasteiger partial charge < -0.3 is 15.2 Å². The van der Waals surface area contributed by atoms with Crippen LogP contribution in [0.25, 0.3) is 0 Å². The Kier molecular flexibility index (Phi) is 4.07. The summed E-state index contributed by atoms with van der Waals surface area (Å²) >= 11 is 0. The first-order valence-electron chi connectivity index (χ1n) is 6.42. The third-order valence-electron chi connectivity index (χ3n) is 3.63. The van der Waals surface area contributed by atoms with Crippen LogP contribution in [0.5, 0.6) is 11.5 Å². The highest BCUT2D eigenvalue weighted by molar-refractivity contribution is 5.45. The molecular weight excluding hydrogens is 233 g/mol. The number of ether oxygens (including phenoxy) is 2. The van der Waals surface area contributed by atoms with Crippen LogP contribution in [0.15, 0.2) is 12.1 Å². The molecule has 2 N–H and O–H groups in total. The lowest BCUT2D eigenvalue weighted by Gasteiger charge is -2.24. The summed E-state index contributed by atoms with van der Waals surface area (Å²) in [6.45, 7) is 5.73. The zero-order valence-corrected chi connectivity index (χ0v) is 10.9. The highest BCUT2D eigenvalue weighted by atomic mass is 19.1. The second kappa shape index (κ2) is 5.57. The zero-order chi connectivity index (χ0) is 13.1. The van der Waals surface area contributed by atoms with E-state index in [-0.39, 0.29) is 11.7 Å². The van der Waals surface area contributed by atoms with Crippen LogP contribution in [0.1, 0.15) is 31.7 Å². The summed E-state index contributed by atoms with van der Waals surface area (Å²) in [6.07, 6.45) is 0.884. The van der Waals surface area contributed by atoms with E-state index in [9.17, 15) is 4.39 Å². The van der Waals surface area contributed by atoms with E-state index in [0.29, 0.717) is 42.7 Å². The lowest BCUT2D eigenvalue weighted by molar-refractivity contribution is 0.170. The van der Waals surface area contributed by atoms with Crippen LogP contribution in [-0.2, 0) is 0 Å². The molecule has 0 fully saturated rings. The topological polar surface area (TPSA) is 44.5 Å². The number of hydrogen-bond donors (Lipinski definition) is 1. The number of benzene rings is 1. The van der Waals surface area contributed by atoms with Gasteiger partial charge in [-0.05, 0) is 36.4 Å². The van der Waals surface area contributed by atoms with Crippen molar-refractivity contribution >= 4 is 0 Å². The first kappa shape index (κ1) is 13.1. The van der Waals surface area contributed by atoms with Crippen LogP contribution in [0, 0.1) is 11.7 Å². The summed E-state index contributed by atoms with van der Waals surface area (Å²) in [5.74, 6) is 1.37. The lowest BCUT2D eigenvalue weighted by atomic mass is 9.86. The molecule has 1 aliphatic rings. The Labute approximate surface area is 107 Å². The predicted molar refractivity (Wildman–Crippen MR) is 68.6 cm³/mol. The van der Waals surface area contributed by atoms with Crippen molar-refractivity contribution in [2.45, 2.75) is 26.2 Å². The van der Waals surface area contributed by atoms with Crippen molar-refractivity contribution in [2.24, 2.45) is 11.7 Å². The first-order valence-corrected chi connectivity index (χ1v) is 6.42. The van der Waals surface area contributed by atoms with Crippen molar-refractivity contribution in [2.75, 3.05) is 19.8 Å². The molecule has 1 aromatic rings. The Balaban J connectivity index is 2.27. The van der Waals surface area contributed by atoms with Gasteiger partial charge in [-0.15, -0.1) is 0 Å². The molecule has 18 heavy (non-hydrogen) atoms. The van der Waals surface area contributed by atoms with Crippen molar-refractivity contribution in [3.8, 4) is 11.5 Å². The number of hydrogen-bond acceptors (Lipinski definition) is 3. The average molecular weight is 253 g/mol. The van der Waals surface area contributed by atoms with E-state index in [4.69, 9.17) is 15.2 Å². The summed E-state index contributed by atoms with van der Waals surface area (Å²) in [5.41, 5.74) is 6.24.